The Hall–Kier alpha value is -0.530. The van der Waals surface area contributed by atoms with E-state index in [1.165, 1.54) is 0 Å². The van der Waals surface area contributed by atoms with E-state index in [0.717, 1.165) is 12.8 Å². The average molecular weight is 172 g/mol. The van der Waals surface area contributed by atoms with Crippen molar-refractivity contribution in [2.75, 3.05) is 6.61 Å². The van der Waals surface area contributed by atoms with Gasteiger partial charge in [-0.05, 0) is 18.8 Å². The molecule has 1 atom stereocenters. The van der Waals surface area contributed by atoms with Gasteiger partial charge in [0.25, 0.3) is 6.47 Å². The van der Waals surface area contributed by atoms with E-state index in [1.807, 2.05) is 0 Å². The molecule has 0 saturated heterocycles. The summed E-state index contributed by atoms with van der Waals surface area (Å²) in [7, 11) is 0. The van der Waals surface area contributed by atoms with Gasteiger partial charge in [-0.2, -0.15) is 0 Å². The minimum absolute atomic E-state index is 0.162. The largest absolute Gasteiger partial charge is 0.467 e. The molecule has 2 heteroatoms. The molecule has 0 aromatic rings. The molecule has 0 aromatic heterocycles. The Kier molecular flexibility index (Phi) is 4.95. The van der Waals surface area contributed by atoms with Crippen LogP contribution >= 0.6 is 0 Å². The van der Waals surface area contributed by atoms with E-state index >= 15 is 0 Å². The topological polar surface area (TPSA) is 26.3 Å². The lowest BCUT2D eigenvalue weighted by atomic mass is 9.80. The Morgan fingerprint density at radius 2 is 2.08 bits per heavy atom. The van der Waals surface area contributed by atoms with Gasteiger partial charge < -0.3 is 4.74 Å². The molecule has 0 aliphatic heterocycles. The molecule has 0 spiro atoms. The van der Waals surface area contributed by atoms with Crippen molar-refractivity contribution in [2.45, 2.75) is 40.5 Å². The van der Waals surface area contributed by atoms with Gasteiger partial charge in [0.1, 0.15) is 0 Å². The summed E-state index contributed by atoms with van der Waals surface area (Å²) in [6.07, 6.45) is 2.16. The Morgan fingerprint density at radius 3 is 2.42 bits per heavy atom. The molecule has 0 N–H and O–H groups in total. The van der Waals surface area contributed by atoms with Gasteiger partial charge in [-0.3, -0.25) is 4.79 Å². The second kappa shape index (κ2) is 5.18. The van der Waals surface area contributed by atoms with Crippen LogP contribution in [0.5, 0.6) is 0 Å². The molecule has 2 nitrogen and oxygen atoms in total. The lowest BCUT2D eigenvalue weighted by Crippen LogP contribution is -2.24. The fraction of sp³-hybridized carbons (Fsp3) is 0.900. The summed E-state index contributed by atoms with van der Waals surface area (Å²) >= 11 is 0. The highest BCUT2D eigenvalue weighted by Gasteiger charge is 2.23. The predicted octanol–water partition coefficient (Wildman–Crippen LogP) is 2.62. The second-order valence-electron chi connectivity index (χ2n) is 4.17. The van der Waals surface area contributed by atoms with Crippen molar-refractivity contribution in [3.05, 3.63) is 0 Å². The van der Waals surface area contributed by atoms with Gasteiger partial charge in [-0.15, -0.1) is 0 Å². The first-order valence-electron chi connectivity index (χ1n) is 4.59. The molecular formula is C10H20O2. The predicted molar refractivity (Wildman–Crippen MR) is 49.9 cm³/mol. The van der Waals surface area contributed by atoms with Crippen molar-refractivity contribution < 1.29 is 9.53 Å². The van der Waals surface area contributed by atoms with Gasteiger partial charge in [0.15, 0.2) is 0 Å². The Balaban J connectivity index is 3.94. The van der Waals surface area contributed by atoms with Crippen LogP contribution in [0.3, 0.4) is 0 Å². The van der Waals surface area contributed by atoms with Crippen LogP contribution in [0.15, 0.2) is 0 Å². The molecule has 0 aliphatic carbocycles. The SMILES string of the molecule is CCC(C)(COC=O)CC(C)C. The van der Waals surface area contributed by atoms with Crippen molar-refractivity contribution >= 4 is 6.47 Å². The Labute approximate surface area is 75.3 Å². The van der Waals surface area contributed by atoms with E-state index in [9.17, 15) is 4.79 Å². The van der Waals surface area contributed by atoms with E-state index < -0.39 is 0 Å². The molecule has 12 heavy (non-hydrogen) atoms. The van der Waals surface area contributed by atoms with Crippen LogP contribution in [-0.4, -0.2) is 13.1 Å². The minimum Gasteiger partial charge on any atom is -0.467 e. The lowest BCUT2D eigenvalue weighted by Gasteiger charge is -2.28. The highest BCUT2D eigenvalue weighted by atomic mass is 16.5. The summed E-state index contributed by atoms with van der Waals surface area (Å²) in [6.45, 7) is 9.76. The van der Waals surface area contributed by atoms with Crippen LogP contribution in [0.4, 0.5) is 0 Å². The molecule has 72 valence electrons. The van der Waals surface area contributed by atoms with E-state index in [4.69, 9.17) is 4.74 Å². The molecule has 0 heterocycles. The van der Waals surface area contributed by atoms with E-state index in [2.05, 4.69) is 27.7 Å². The number of carbonyl (C=O) groups excluding carboxylic acids is 1. The molecule has 0 aromatic carbocycles. The van der Waals surface area contributed by atoms with Crippen molar-refractivity contribution in [1.29, 1.82) is 0 Å². The van der Waals surface area contributed by atoms with Crippen LogP contribution in [0.2, 0.25) is 0 Å². The third-order valence-corrected chi connectivity index (χ3v) is 2.25. The van der Waals surface area contributed by atoms with Crippen LogP contribution < -0.4 is 0 Å². The molecule has 1 unspecified atom stereocenters. The third kappa shape index (κ3) is 4.37. The van der Waals surface area contributed by atoms with Crippen molar-refractivity contribution in [2.24, 2.45) is 11.3 Å². The monoisotopic (exact) mass is 172 g/mol. The number of carbonyl (C=O) groups is 1. The van der Waals surface area contributed by atoms with Gasteiger partial charge in [-0.1, -0.05) is 27.7 Å². The van der Waals surface area contributed by atoms with Crippen LogP contribution in [-0.2, 0) is 9.53 Å². The quantitative estimate of drug-likeness (QED) is 0.576. The zero-order valence-corrected chi connectivity index (χ0v) is 8.59. The van der Waals surface area contributed by atoms with E-state index in [1.54, 1.807) is 0 Å². The minimum atomic E-state index is 0.162. The second-order valence-corrected chi connectivity index (χ2v) is 4.17. The van der Waals surface area contributed by atoms with Crippen molar-refractivity contribution in [1.82, 2.24) is 0 Å². The van der Waals surface area contributed by atoms with Crippen molar-refractivity contribution in [3.63, 3.8) is 0 Å². The standard InChI is InChI=1S/C10H20O2/c1-5-10(4,6-9(2)3)7-12-8-11/h8-9H,5-7H2,1-4H3. The third-order valence-electron chi connectivity index (χ3n) is 2.25. The first kappa shape index (κ1) is 11.5. The smallest absolute Gasteiger partial charge is 0.293 e. The number of hydrogen-bond donors (Lipinski definition) is 0. The summed E-state index contributed by atoms with van der Waals surface area (Å²) in [4.78, 5) is 10.0. The maximum Gasteiger partial charge on any atom is 0.293 e. The summed E-state index contributed by atoms with van der Waals surface area (Å²) in [5, 5.41) is 0. The molecule has 0 amide bonds. The Bertz CT molecular complexity index is 132. The average Bonchev–Trinajstić information content (AvgIpc) is 2.00. The Morgan fingerprint density at radius 1 is 1.50 bits per heavy atom. The highest BCUT2D eigenvalue weighted by molar-refractivity contribution is 5.36. The summed E-state index contributed by atoms with van der Waals surface area (Å²) in [5.74, 6) is 0.658. The van der Waals surface area contributed by atoms with E-state index in [-0.39, 0.29) is 5.41 Å². The maximum absolute atomic E-state index is 10.0. The number of hydrogen-bond acceptors (Lipinski definition) is 2. The van der Waals surface area contributed by atoms with Crippen LogP contribution in [0, 0.1) is 11.3 Å². The normalized spacial score (nSPS) is 15.8. The molecule has 0 rings (SSSR count). The number of ether oxygens (including phenoxy) is 1. The molecular weight excluding hydrogens is 152 g/mol. The van der Waals surface area contributed by atoms with Gasteiger partial charge in [0.05, 0.1) is 6.61 Å². The van der Waals surface area contributed by atoms with Gasteiger partial charge in [0.2, 0.25) is 0 Å². The summed E-state index contributed by atoms with van der Waals surface area (Å²) in [6, 6.07) is 0. The molecule has 0 radical (unpaired) electrons. The molecule has 0 saturated carbocycles. The van der Waals surface area contributed by atoms with Gasteiger partial charge in [-0.25, -0.2) is 0 Å². The van der Waals surface area contributed by atoms with E-state index in [0.29, 0.717) is 19.0 Å². The first-order valence-corrected chi connectivity index (χ1v) is 4.59. The highest BCUT2D eigenvalue weighted by Crippen LogP contribution is 2.29. The van der Waals surface area contributed by atoms with Crippen LogP contribution in [0.25, 0.3) is 0 Å². The molecule has 0 fully saturated rings. The molecule has 0 aliphatic rings. The fourth-order valence-corrected chi connectivity index (χ4v) is 1.53. The van der Waals surface area contributed by atoms with Gasteiger partial charge in [0, 0.05) is 5.41 Å². The zero-order valence-electron chi connectivity index (χ0n) is 8.59. The van der Waals surface area contributed by atoms with Crippen LogP contribution in [0.1, 0.15) is 40.5 Å². The lowest BCUT2D eigenvalue weighted by molar-refractivity contribution is -0.132. The first-order chi connectivity index (χ1) is 5.54. The fourth-order valence-electron chi connectivity index (χ4n) is 1.53. The number of rotatable bonds is 6. The van der Waals surface area contributed by atoms with Gasteiger partial charge >= 0.3 is 0 Å². The summed E-state index contributed by atoms with van der Waals surface area (Å²) in [5.41, 5.74) is 0.162. The van der Waals surface area contributed by atoms with Crippen molar-refractivity contribution in [3.8, 4) is 0 Å². The zero-order chi connectivity index (χ0) is 9.61. The molecule has 0 bridgehead atoms. The maximum atomic E-state index is 10.0. The summed E-state index contributed by atoms with van der Waals surface area (Å²) < 4.78 is 4.81.